The molecule has 1 aliphatic rings. The number of amides is 1. The topological polar surface area (TPSA) is 125 Å². The second-order valence-electron chi connectivity index (χ2n) is 7.31. The minimum Gasteiger partial charge on any atom is -0.456 e. The fourth-order valence-electron chi connectivity index (χ4n) is 3.27. The van der Waals surface area contributed by atoms with Crippen LogP contribution in [0.25, 0.3) is 10.9 Å². The third-order valence-corrected chi connectivity index (χ3v) is 6.59. The zero-order valence-corrected chi connectivity index (χ0v) is 17.1. The van der Waals surface area contributed by atoms with Gasteiger partial charge in [0.05, 0.1) is 35.4 Å². The first-order chi connectivity index (χ1) is 15.0. The van der Waals surface area contributed by atoms with Crippen molar-refractivity contribution in [3.8, 4) is 11.5 Å². The predicted octanol–water partition coefficient (Wildman–Crippen LogP) is 3.66. The molecule has 2 atom stereocenters. The van der Waals surface area contributed by atoms with Crippen LogP contribution in [0.3, 0.4) is 0 Å². The Labute approximate surface area is 181 Å². The van der Waals surface area contributed by atoms with Gasteiger partial charge in [0.2, 0.25) is 0 Å². The monoisotopic (exact) mass is 469 g/mol. The summed E-state index contributed by atoms with van der Waals surface area (Å²) in [4.78, 5) is 20.1. The van der Waals surface area contributed by atoms with Crippen molar-refractivity contribution in [2.75, 3.05) is 11.5 Å². The first-order valence-corrected chi connectivity index (χ1v) is 11.2. The number of nitrogens with zero attached hydrogens (tertiary/aromatic N) is 2. The van der Waals surface area contributed by atoms with Crippen molar-refractivity contribution < 1.29 is 36.9 Å². The van der Waals surface area contributed by atoms with Crippen LogP contribution in [0.4, 0.5) is 13.2 Å². The summed E-state index contributed by atoms with van der Waals surface area (Å²) < 4.78 is 62.7. The predicted molar refractivity (Wildman–Crippen MR) is 111 cm³/mol. The van der Waals surface area contributed by atoms with Gasteiger partial charge < -0.3 is 15.2 Å². The first kappa shape index (κ1) is 22.3. The van der Waals surface area contributed by atoms with E-state index in [4.69, 9.17) is 4.74 Å². The minimum atomic E-state index is -4.53. The summed E-state index contributed by atoms with van der Waals surface area (Å²) in [6.07, 6.45) is -4.61. The summed E-state index contributed by atoms with van der Waals surface area (Å²) in [5.41, 5.74) is -0.478. The number of pyridine rings is 2. The number of aliphatic hydroxyl groups excluding tert-OH is 1. The van der Waals surface area contributed by atoms with E-state index in [0.717, 1.165) is 18.3 Å². The number of aliphatic hydroxyl groups is 1. The van der Waals surface area contributed by atoms with Gasteiger partial charge >= 0.3 is 6.18 Å². The summed E-state index contributed by atoms with van der Waals surface area (Å²) >= 11 is 0. The molecule has 1 aliphatic heterocycles. The molecule has 4 N–H and O–H groups in total. The second kappa shape index (κ2) is 8.20. The highest BCUT2D eigenvalue weighted by atomic mass is 32.3. The van der Waals surface area contributed by atoms with Crippen LogP contribution in [0.2, 0.25) is 0 Å². The summed E-state index contributed by atoms with van der Waals surface area (Å²) in [6.45, 7) is 0. The van der Waals surface area contributed by atoms with Gasteiger partial charge in [-0.15, -0.1) is 0 Å². The molecule has 170 valence electrons. The molecule has 1 amide bonds. The Bertz CT molecular complexity index is 1160. The van der Waals surface area contributed by atoms with Gasteiger partial charge in [-0.05, 0) is 36.4 Å². The number of alkyl halides is 3. The van der Waals surface area contributed by atoms with Crippen molar-refractivity contribution in [3.63, 3.8) is 0 Å². The largest absolute Gasteiger partial charge is 0.456 e. The summed E-state index contributed by atoms with van der Waals surface area (Å²) in [5.74, 6) is -0.392. The van der Waals surface area contributed by atoms with E-state index in [2.05, 4.69) is 15.3 Å². The Hall–Kier alpha value is -2.93. The third-order valence-electron chi connectivity index (χ3n) is 4.82. The Morgan fingerprint density at radius 2 is 1.84 bits per heavy atom. The van der Waals surface area contributed by atoms with Gasteiger partial charge in [0.1, 0.15) is 22.9 Å². The van der Waals surface area contributed by atoms with Crippen LogP contribution in [0.1, 0.15) is 16.2 Å². The number of aromatic nitrogens is 2. The summed E-state index contributed by atoms with van der Waals surface area (Å²) in [5, 5.41) is 13.1. The van der Waals surface area contributed by atoms with E-state index in [-0.39, 0.29) is 22.9 Å². The standard InChI is InChI=1S/C20H18F3N3O5S/c21-20(22,23)18-6-3-13(8-24-18)31-12-2-5-14-11(7-12)1-4-15(25-14)19(28)26-16-9-32(29,30)10-17(16)27/h1-8,16-17,27,29-30H,9-10H2,(H,26,28)/t16-,17-/m1/s1. The zero-order chi connectivity index (χ0) is 23.1. The molecule has 0 saturated carbocycles. The Morgan fingerprint density at radius 1 is 1.09 bits per heavy atom. The van der Waals surface area contributed by atoms with Crippen molar-refractivity contribution in [2.45, 2.75) is 18.3 Å². The molecule has 32 heavy (non-hydrogen) atoms. The zero-order valence-electron chi connectivity index (χ0n) is 16.3. The van der Waals surface area contributed by atoms with E-state index >= 15 is 0 Å². The van der Waals surface area contributed by atoms with Gasteiger partial charge in [-0.2, -0.15) is 23.8 Å². The quantitative estimate of drug-likeness (QED) is 0.460. The highest BCUT2D eigenvalue weighted by molar-refractivity contribution is 8.24. The molecule has 0 radical (unpaired) electrons. The minimum absolute atomic E-state index is 0.0775. The molecule has 2 aromatic heterocycles. The van der Waals surface area contributed by atoms with E-state index in [0.29, 0.717) is 16.7 Å². The Kier molecular flexibility index (Phi) is 5.71. The van der Waals surface area contributed by atoms with E-state index in [1.54, 1.807) is 24.3 Å². The maximum Gasteiger partial charge on any atom is 0.433 e. The molecular formula is C20H18F3N3O5S. The van der Waals surface area contributed by atoms with Gasteiger partial charge in [-0.25, -0.2) is 9.97 Å². The molecule has 1 fully saturated rings. The molecule has 4 rings (SSSR count). The van der Waals surface area contributed by atoms with Crippen molar-refractivity contribution in [1.82, 2.24) is 15.3 Å². The van der Waals surface area contributed by atoms with Crippen LogP contribution in [-0.2, 0) is 6.18 Å². The normalized spacial score (nSPS) is 21.3. The molecule has 12 heteroatoms. The highest BCUT2D eigenvalue weighted by Crippen LogP contribution is 2.45. The van der Waals surface area contributed by atoms with E-state index in [1.807, 2.05) is 0 Å². The fraction of sp³-hybridized carbons (Fsp3) is 0.250. The van der Waals surface area contributed by atoms with Gasteiger partial charge in [0.25, 0.3) is 5.91 Å². The lowest BCUT2D eigenvalue weighted by atomic mass is 10.1. The van der Waals surface area contributed by atoms with Crippen molar-refractivity contribution in [1.29, 1.82) is 0 Å². The van der Waals surface area contributed by atoms with E-state index in [9.17, 15) is 32.2 Å². The molecule has 3 heterocycles. The average Bonchev–Trinajstić information content (AvgIpc) is 2.98. The number of rotatable bonds is 4. The smallest absolute Gasteiger partial charge is 0.433 e. The molecular weight excluding hydrogens is 451 g/mol. The average molecular weight is 469 g/mol. The number of hydrogen-bond acceptors (Lipinski definition) is 7. The van der Waals surface area contributed by atoms with Crippen LogP contribution in [0.5, 0.6) is 11.5 Å². The lowest BCUT2D eigenvalue weighted by Gasteiger charge is -2.25. The van der Waals surface area contributed by atoms with E-state index in [1.165, 1.54) is 6.07 Å². The van der Waals surface area contributed by atoms with Gasteiger partial charge in [0.15, 0.2) is 0 Å². The number of benzene rings is 1. The number of fused-ring (bicyclic) bond motifs is 1. The first-order valence-electron chi connectivity index (χ1n) is 9.35. The summed E-state index contributed by atoms with van der Waals surface area (Å²) in [6, 6.07) is 9.02. The lowest BCUT2D eigenvalue weighted by molar-refractivity contribution is -0.141. The van der Waals surface area contributed by atoms with Gasteiger partial charge in [0, 0.05) is 5.39 Å². The third kappa shape index (κ3) is 4.93. The molecule has 0 aliphatic carbocycles. The van der Waals surface area contributed by atoms with Gasteiger partial charge in [-0.1, -0.05) is 6.07 Å². The summed E-state index contributed by atoms with van der Waals surface area (Å²) in [7, 11) is -2.91. The number of carbonyl (C=O) groups is 1. The van der Waals surface area contributed by atoms with Crippen LogP contribution in [0, 0.1) is 0 Å². The van der Waals surface area contributed by atoms with Crippen LogP contribution >= 0.6 is 10.6 Å². The lowest BCUT2D eigenvalue weighted by Crippen LogP contribution is -2.42. The molecule has 0 unspecified atom stereocenters. The number of nitrogens with one attached hydrogen (secondary N) is 1. The molecule has 1 saturated heterocycles. The number of ether oxygens (including phenoxy) is 1. The van der Waals surface area contributed by atoms with Crippen LogP contribution < -0.4 is 10.1 Å². The Morgan fingerprint density at radius 3 is 2.47 bits per heavy atom. The highest BCUT2D eigenvalue weighted by Gasteiger charge is 2.37. The van der Waals surface area contributed by atoms with E-state index < -0.39 is 40.5 Å². The molecule has 0 bridgehead atoms. The number of carbonyl (C=O) groups excluding carboxylic acids is 1. The van der Waals surface area contributed by atoms with Gasteiger partial charge in [-0.3, -0.25) is 13.9 Å². The number of hydrogen-bond donors (Lipinski definition) is 4. The molecule has 1 aromatic carbocycles. The van der Waals surface area contributed by atoms with Crippen molar-refractivity contribution >= 4 is 27.4 Å². The van der Waals surface area contributed by atoms with Crippen molar-refractivity contribution in [2.24, 2.45) is 0 Å². The SMILES string of the molecule is O=C(N[C@@H]1CS(O)(O)C[C@H]1O)c1ccc2cc(Oc3ccc(C(F)(F)F)nc3)ccc2n1. The number of halogens is 3. The maximum atomic E-state index is 12.6. The Balaban J connectivity index is 1.47. The maximum absolute atomic E-state index is 12.6. The van der Waals surface area contributed by atoms with Crippen LogP contribution in [-0.4, -0.2) is 53.7 Å². The van der Waals surface area contributed by atoms with Crippen LogP contribution in [0.15, 0.2) is 48.7 Å². The molecule has 0 spiro atoms. The molecule has 8 nitrogen and oxygen atoms in total. The fourth-order valence-corrected chi connectivity index (χ4v) is 5.07. The second-order valence-corrected chi connectivity index (χ2v) is 9.58. The molecule has 3 aromatic rings. The van der Waals surface area contributed by atoms with Crippen molar-refractivity contribution in [3.05, 3.63) is 60.0 Å².